The highest BCUT2D eigenvalue weighted by Gasteiger charge is 2.13. The average Bonchev–Trinajstić information content (AvgIpc) is 3.35. The molecule has 0 unspecified atom stereocenters. The molecule has 0 atom stereocenters. The van der Waals surface area contributed by atoms with Crippen LogP contribution in [-0.2, 0) is 30.2 Å². The highest BCUT2D eigenvalue weighted by molar-refractivity contribution is 7.97. The van der Waals surface area contributed by atoms with Crippen molar-refractivity contribution in [3.05, 3.63) is 78.1 Å². The summed E-state index contributed by atoms with van der Waals surface area (Å²) in [5.41, 5.74) is 4.08. The second kappa shape index (κ2) is 8.91. The fourth-order valence-corrected chi connectivity index (χ4v) is 3.76. The van der Waals surface area contributed by atoms with Gasteiger partial charge in [-0.05, 0) is 29.5 Å². The van der Waals surface area contributed by atoms with Crippen LogP contribution in [0.15, 0.2) is 61.2 Å². The summed E-state index contributed by atoms with van der Waals surface area (Å²) in [6.07, 6.45) is 5.25. The quantitative estimate of drug-likeness (QED) is 0.487. The second-order valence-electron chi connectivity index (χ2n) is 6.73. The van der Waals surface area contributed by atoms with Gasteiger partial charge in [0.15, 0.2) is 0 Å². The van der Waals surface area contributed by atoms with Crippen LogP contribution in [0.5, 0.6) is 0 Å². The third-order valence-corrected chi connectivity index (χ3v) is 5.15. The first-order valence-corrected chi connectivity index (χ1v) is 10.7. The third kappa shape index (κ3) is 4.65. The fraction of sp³-hybridized carbons (Fsp3) is 0.238. The van der Waals surface area contributed by atoms with Crippen molar-refractivity contribution in [1.29, 1.82) is 0 Å². The van der Waals surface area contributed by atoms with E-state index in [0.717, 1.165) is 33.7 Å². The van der Waals surface area contributed by atoms with Crippen LogP contribution in [0.25, 0.3) is 11.0 Å². The molecule has 0 fully saturated rings. The van der Waals surface area contributed by atoms with E-state index in [2.05, 4.69) is 26.4 Å². The highest BCUT2D eigenvalue weighted by Crippen LogP contribution is 2.19. The maximum atomic E-state index is 12.6. The maximum Gasteiger partial charge on any atom is 0.240 e. The molecule has 0 aliphatic rings. The fourth-order valence-electron chi connectivity index (χ4n) is 3.28. The molecule has 2 aromatic heterocycles. The van der Waals surface area contributed by atoms with Crippen molar-refractivity contribution in [3.63, 3.8) is 0 Å². The average molecular weight is 407 g/mol. The van der Waals surface area contributed by atoms with Gasteiger partial charge in [0.25, 0.3) is 0 Å². The molecule has 0 radical (unpaired) electrons. The molecule has 0 saturated carbocycles. The first-order valence-electron chi connectivity index (χ1n) is 9.33. The van der Waals surface area contributed by atoms with Crippen molar-refractivity contribution in [1.82, 2.24) is 29.6 Å². The number of para-hydroxylation sites is 2. The van der Waals surface area contributed by atoms with Crippen molar-refractivity contribution in [2.24, 2.45) is 0 Å². The molecule has 148 valence electrons. The Morgan fingerprint density at radius 3 is 2.83 bits per heavy atom. The summed E-state index contributed by atoms with van der Waals surface area (Å²) in [5.74, 6) is 1.66. The van der Waals surface area contributed by atoms with Gasteiger partial charge >= 0.3 is 0 Å². The number of amides is 1. The number of hydrogen-bond acceptors (Lipinski definition) is 5. The zero-order valence-corrected chi connectivity index (χ0v) is 17.0. The number of imidazole rings is 1. The molecule has 0 spiro atoms. The number of aromatic nitrogens is 5. The topological polar surface area (TPSA) is 77.6 Å². The maximum absolute atomic E-state index is 12.6. The molecule has 0 aliphatic heterocycles. The number of hydrogen-bond donors (Lipinski definition) is 1. The lowest BCUT2D eigenvalue weighted by molar-refractivity contribution is -0.121. The van der Waals surface area contributed by atoms with Gasteiger partial charge in [-0.25, -0.2) is 14.6 Å². The van der Waals surface area contributed by atoms with Crippen LogP contribution in [0.4, 0.5) is 0 Å². The van der Waals surface area contributed by atoms with Crippen molar-refractivity contribution >= 4 is 28.7 Å². The van der Waals surface area contributed by atoms with Gasteiger partial charge in [0.1, 0.15) is 25.0 Å². The van der Waals surface area contributed by atoms with Gasteiger partial charge in [-0.1, -0.05) is 36.4 Å². The number of nitrogens with zero attached hydrogens (tertiary/aromatic N) is 5. The van der Waals surface area contributed by atoms with E-state index < -0.39 is 0 Å². The van der Waals surface area contributed by atoms with Gasteiger partial charge in [-0.2, -0.15) is 16.9 Å². The summed E-state index contributed by atoms with van der Waals surface area (Å²) in [7, 11) is 0. The smallest absolute Gasteiger partial charge is 0.240 e. The van der Waals surface area contributed by atoms with Crippen molar-refractivity contribution in [2.75, 3.05) is 6.26 Å². The number of thioether (sulfide) groups is 1. The number of rotatable bonds is 8. The number of benzene rings is 2. The van der Waals surface area contributed by atoms with Crippen LogP contribution in [-0.4, -0.2) is 36.5 Å². The summed E-state index contributed by atoms with van der Waals surface area (Å²) in [5, 5.41) is 7.16. The zero-order chi connectivity index (χ0) is 20.1. The predicted molar refractivity (Wildman–Crippen MR) is 114 cm³/mol. The summed E-state index contributed by atoms with van der Waals surface area (Å²) >= 11 is 1.70. The Morgan fingerprint density at radius 2 is 2.00 bits per heavy atom. The van der Waals surface area contributed by atoms with Gasteiger partial charge < -0.3 is 9.88 Å². The van der Waals surface area contributed by atoms with Crippen molar-refractivity contribution < 1.29 is 4.79 Å². The minimum atomic E-state index is -0.0304. The molecule has 2 aromatic carbocycles. The van der Waals surface area contributed by atoms with Crippen LogP contribution in [0, 0.1) is 0 Å². The lowest BCUT2D eigenvalue weighted by atomic mass is 10.1. The van der Waals surface area contributed by atoms with Gasteiger partial charge in [-0.15, -0.1) is 0 Å². The number of carbonyl (C=O) groups is 1. The van der Waals surface area contributed by atoms with Crippen LogP contribution < -0.4 is 5.32 Å². The summed E-state index contributed by atoms with van der Waals surface area (Å²) in [6, 6.07) is 16.1. The van der Waals surface area contributed by atoms with Gasteiger partial charge in [0.2, 0.25) is 5.91 Å². The van der Waals surface area contributed by atoms with Crippen molar-refractivity contribution in [2.45, 2.75) is 25.4 Å². The van der Waals surface area contributed by atoms with Crippen LogP contribution in [0.2, 0.25) is 0 Å². The van der Waals surface area contributed by atoms with E-state index in [1.165, 1.54) is 6.33 Å². The molecular formula is C21H22N6OS. The molecule has 4 rings (SSSR count). The Kier molecular flexibility index (Phi) is 5.90. The third-order valence-electron chi connectivity index (χ3n) is 4.60. The number of carbonyl (C=O) groups excluding carboxylic acids is 1. The lowest BCUT2D eigenvalue weighted by Crippen LogP contribution is -2.27. The Morgan fingerprint density at radius 1 is 1.14 bits per heavy atom. The van der Waals surface area contributed by atoms with Crippen molar-refractivity contribution in [3.8, 4) is 0 Å². The van der Waals surface area contributed by atoms with E-state index in [1.54, 1.807) is 22.8 Å². The van der Waals surface area contributed by atoms with E-state index in [1.807, 2.05) is 53.3 Å². The van der Waals surface area contributed by atoms with E-state index in [9.17, 15) is 4.79 Å². The number of nitrogens with one attached hydrogen (secondary N) is 1. The first kappa shape index (κ1) is 19.2. The zero-order valence-electron chi connectivity index (χ0n) is 16.2. The van der Waals surface area contributed by atoms with Crippen LogP contribution >= 0.6 is 11.8 Å². The SMILES string of the molecule is CSCc1nc2ccccc2n1CC(=O)NCc1cccc(Cn2cncn2)c1. The molecule has 0 saturated heterocycles. The summed E-state index contributed by atoms with van der Waals surface area (Å²) in [4.78, 5) is 21.3. The van der Waals surface area contributed by atoms with Gasteiger partial charge in [0.05, 0.1) is 23.3 Å². The first-order chi connectivity index (χ1) is 14.2. The normalized spacial score (nSPS) is 11.1. The Hall–Kier alpha value is -3.13. The Balaban J connectivity index is 1.42. The molecule has 4 aromatic rings. The molecule has 2 heterocycles. The van der Waals surface area contributed by atoms with Crippen LogP contribution in [0.3, 0.4) is 0 Å². The molecule has 29 heavy (non-hydrogen) atoms. The lowest BCUT2D eigenvalue weighted by Gasteiger charge is -2.10. The second-order valence-corrected chi connectivity index (χ2v) is 7.59. The highest BCUT2D eigenvalue weighted by atomic mass is 32.2. The molecular weight excluding hydrogens is 384 g/mol. The largest absolute Gasteiger partial charge is 0.350 e. The molecule has 8 heteroatoms. The molecule has 1 N–H and O–H groups in total. The minimum absolute atomic E-state index is 0.0304. The predicted octanol–water partition coefficient (Wildman–Crippen LogP) is 2.86. The van der Waals surface area contributed by atoms with Gasteiger partial charge in [-0.3, -0.25) is 4.79 Å². The minimum Gasteiger partial charge on any atom is -0.350 e. The number of fused-ring (bicyclic) bond motifs is 1. The summed E-state index contributed by atoms with van der Waals surface area (Å²) in [6.45, 7) is 1.39. The van der Waals surface area contributed by atoms with E-state index in [4.69, 9.17) is 0 Å². The van der Waals surface area contributed by atoms with Crippen LogP contribution in [0.1, 0.15) is 17.0 Å². The van der Waals surface area contributed by atoms with E-state index in [-0.39, 0.29) is 12.5 Å². The van der Waals surface area contributed by atoms with E-state index >= 15 is 0 Å². The molecule has 0 aliphatic carbocycles. The Bertz CT molecular complexity index is 1110. The standard InChI is InChI=1S/C21H22N6OS/c1-29-13-20-25-18-7-2-3-8-19(18)27(20)12-21(28)23-10-16-5-4-6-17(9-16)11-26-15-22-14-24-26/h2-9,14-15H,10-13H2,1H3,(H,23,28). The molecule has 0 bridgehead atoms. The van der Waals surface area contributed by atoms with Gasteiger partial charge in [0, 0.05) is 6.54 Å². The molecule has 7 nitrogen and oxygen atoms in total. The van der Waals surface area contributed by atoms with E-state index in [0.29, 0.717) is 13.1 Å². The molecule has 1 amide bonds. The summed E-state index contributed by atoms with van der Waals surface area (Å²) < 4.78 is 3.78. The monoisotopic (exact) mass is 406 g/mol. The Labute approximate surface area is 173 Å².